The summed E-state index contributed by atoms with van der Waals surface area (Å²) in [5.41, 5.74) is 2.20. The number of benzene rings is 1. The highest BCUT2D eigenvalue weighted by Crippen LogP contribution is 2.12. The summed E-state index contributed by atoms with van der Waals surface area (Å²) in [6.45, 7) is 1.85. The quantitative estimate of drug-likeness (QED) is 0.717. The number of carbonyl (C=O) groups is 1. The summed E-state index contributed by atoms with van der Waals surface area (Å²) in [4.78, 5) is 10.5. The first-order valence-corrected chi connectivity index (χ1v) is 4.07. The first-order chi connectivity index (χ1) is 5.65. The molecule has 0 aliphatic carbocycles. The third-order valence-electron chi connectivity index (χ3n) is 1.73. The van der Waals surface area contributed by atoms with Crippen molar-refractivity contribution in [2.24, 2.45) is 0 Å². The van der Waals surface area contributed by atoms with Gasteiger partial charge in [0, 0.05) is 5.88 Å². The van der Waals surface area contributed by atoms with Gasteiger partial charge in [-0.15, -0.1) is 11.6 Å². The third-order valence-corrected chi connectivity index (χ3v) is 2.02. The van der Waals surface area contributed by atoms with Crippen LogP contribution < -0.4 is 0 Å². The third kappa shape index (κ3) is 1.77. The normalized spacial score (nSPS) is 9.83. The zero-order chi connectivity index (χ0) is 9.14. The van der Waals surface area contributed by atoms with Crippen LogP contribution in [0.1, 0.15) is 21.5 Å². The van der Waals surface area contributed by atoms with Gasteiger partial charge in [0.05, 0.1) is 5.56 Å². The summed E-state index contributed by atoms with van der Waals surface area (Å²) in [6, 6.07) is 4.93. The molecule has 1 rings (SSSR count). The number of halogens is 1. The van der Waals surface area contributed by atoms with E-state index >= 15 is 0 Å². The Hall–Kier alpha value is -1.02. The number of hydrogen-bond donors (Lipinski definition) is 1. The largest absolute Gasteiger partial charge is 0.478 e. The fourth-order valence-electron chi connectivity index (χ4n) is 0.979. The lowest BCUT2D eigenvalue weighted by Crippen LogP contribution is -1.97. The van der Waals surface area contributed by atoms with Crippen LogP contribution in [0, 0.1) is 6.92 Å². The van der Waals surface area contributed by atoms with Gasteiger partial charge in [-0.1, -0.05) is 6.07 Å². The van der Waals surface area contributed by atoms with Gasteiger partial charge < -0.3 is 5.11 Å². The average Bonchev–Trinajstić information content (AvgIpc) is 2.04. The van der Waals surface area contributed by atoms with E-state index in [2.05, 4.69) is 0 Å². The highest BCUT2D eigenvalue weighted by molar-refractivity contribution is 6.17. The number of rotatable bonds is 2. The van der Waals surface area contributed by atoms with E-state index in [4.69, 9.17) is 16.7 Å². The van der Waals surface area contributed by atoms with Gasteiger partial charge in [0.25, 0.3) is 0 Å². The minimum Gasteiger partial charge on any atom is -0.478 e. The van der Waals surface area contributed by atoms with Crippen LogP contribution in [0.15, 0.2) is 18.2 Å². The number of aromatic carboxylic acids is 1. The number of carboxylic acid groups (broad SMARTS) is 1. The first-order valence-electron chi connectivity index (χ1n) is 3.54. The van der Waals surface area contributed by atoms with Crippen molar-refractivity contribution < 1.29 is 9.90 Å². The zero-order valence-corrected chi connectivity index (χ0v) is 7.43. The Morgan fingerprint density at radius 1 is 1.58 bits per heavy atom. The van der Waals surface area contributed by atoms with Crippen LogP contribution in [-0.2, 0) is 5.88 Å². The van der Waals surface area contributed by atoms with Crippen molar-refractivity contribution >= 4 is 17.6 Å². The average molecular weight is 185 g/mol. The fourth-order valence-corrected chi connectivity index (χ4v) is 1.28. The minimum absolute atomic E-state index is 0.307. The molecule has 0 amide bonds. The van der Waals surface area contributed by atoms with Crippen LogP contribution in [0.4, 0.5) is 0 Å². The summed E-state index contributed by atoms with van der Waals surface area (Å²) >= 11 is 5.62. The predicted molar refractivity (Wildman–Crippen MR) is 47.7 cm³/mol. The Morgan fingerprint density at radius 2 is 2.25 bits per heavy atom. The maximum Gasteiger partial charge on any atom is 0.335 e. The Bertz CT molecular complexity index is 307. The molecule has 0 unspecified atom stereocenters. The van der Waals surface area contributed by atoms with E-state index < -0.39 is 5.97 Å². The topological polar surface area (TPSA) is 37.3 Å². The maximum absolute atomic E-state index is 10.5. The molecule has 0 atom stereocenters. The van der Waals surface area contributed by atoms with Crippen LogP contribution in [0.2, 0.25) is 0 Å². The van der Waals surface area contributed by atoms with Crippen LogP contribution >= 0.6 is 11.6 Å². The maximum atomic E-state index is 10.5. The molecule has 1 aromatic carbocycles. The van der Waals surface area contributed by atoms with E-state index in [0.717, 1.165) is 11.1 Å². The second-order valence-electron chi connectivity index (χ2n) is 2.58. The lowest BCUT2D eigenvalue weighted by atomic mass is 10.1. The molecule has 0 aromatic heterocycles. The molecule has 0 bridgehead atoms. The minimum atomic E-state index is -0.903. The van der Waals surface area contributed by atoms with E-state index in [0.29, 0.717) is 11.4 Å². The molecule has 0 spiro atoms. The second kappa shape index (κ2) is 3.59. The smallest absolute Gasteiger partial charge is 0.335 e. The molecule has 0 heterocycles. The van der Waals surface area contributed by atoms with Crippen molar-refractivity contribution in [3.05, 3.63) is 34.9 Å². The van der Waals surface area contributed by atoms with Crippen molar-refractivity contribution in [1.82, 2.24) is 0 Å². The molecule has 64 valence electrons. The number of aryl methyl sites for hydroxylation is 1. The fraction of sp³-hybridized carbons (Fsp3) is 0.222. The molecule has 0 radical (unpaired) electrons. The molecular weight excluding hydrogens is 176 g/mol. The molecule has 0 aliphatic heterocycles. The van der Waals surface area contributed by atoms with Crippen LogP contribution in [0.25, 0.3) is 0 Å². The summed E-state index contributed by atoms with van der Waals surface area (Å²) in [6.07, 6.45) is 0. The zero-order valence-electron chi connectivity index (χ0n) is 6.67. The molecule has 3 heteroatoms. The molecule has 0 saturated carbocycles. The van der Waals surface area contributed by atoms with E-state index in [1.54, 1.807) is 18.2 Å². The van der Waals surface area contributed by atoms with Gasteiger partial charge in [0.2, 0.25) is 0 Å². The monoisotopic (exact) mass is 184 g/mol. The van der Waals surface area contributed by atoms with Crippen molar-refractivity contribution in [3.63, 3.8) is 0 Å². The van der Waals surface area contributed by atoms with Gasteiger partial charge in [-0.2, -0.15) is 0 Å². The summed E-state index contributed by atoms with van der Waals surface area (Å²) in [7, 11) is 0. The van der Waals surface area contributed by atoms with Crippen LogP contribution in [0.5, 0.6) is 0 Å². The Balaban J connectivity index is 3.10. The SMILES string of the molecule is Cc1cc(C(=O)O)ccc1CCl. The van der Waals surface area contributed by atoms with Gasteiger partial charge in [-0.25, -0.2) is 4.79 Å². The summed E-state index contributed by atoms with van der Waals surface area (Å²) in [5, 5.41) is 8.64. The van der Waals surface area contributed by atoms with E-state index in [-0.39, 0.29) is 0 Å². The van der Waals surface area contributed by atoms with Gasteiger partial charge in [0.1, 0.15) is 0 Å². The Labute approximate surface area is 75.8 Å². The predicted octanol–water partition coefficient (Wildman–Crippen LogP) is 2.43. The molecule has 0 fully saturated rings. The number of alkyl halides is 1. The van der Waals surface area contributed by atoms with Crippen molar-refractivity contribution in [2.75, 3.05) is 0 Å². The van der Waals surface area contributed by atoms with Gasteiger partial charge in [0.15, 0.2) is 0 Å². The molecule has 0 aliphatic rings. The van der Waals surface area contributed by atoms with Crippen LogP contribution in [0.3, 0.4) is 0 Å². The lowest BCUT2D eigenvalue weighted by Gasteiger charge is -2.01. The molecular formula is C9H9ClO2. The van der Waals surface area contributed by atoms with Crippen molar-refractivity contribution in [1.29, 1.82) is 0 Å². The van der Waals surface area contributed by atoms with Crippen molar-refractivity contribution in [2.45, 2.75) is 12.8 Å². The molecule has 12 heavy (non-hydrogen) atoms. The highest BCUT2D eigenvalue weighted by atomic mass is 35.5. The Kier molecular flexibility index (Phi) is 2.71. The summed E-state index contributed by atoms with van der Waals surface area (Å²) in [5.74, 6) is -0.481. The highest BCUT2D eigenvalue weighted by Gasteiger charge is 2.04. The molecule has 2 nitrogen and oxygen atoms in total. The second-order valence-corrected chi connectivity index (χ2v) is 2.85. The van der Waals surface area contributed by atoms with Gasteiger partial charge in [-0.3, -0.25) is 0 Å². The van der Waals surface area contributed by atoms with Gasteiger partial charge in [-0.05, 0) is 30.2 Å². The van der Waals surface area contributed by atoms with Gasteiger partial charge >= 0.3 is 5.97 Å². The van der Waals surface area contributed by atoms with Crippen LogP contribution in [-0.4, -0.2) is 11.1 Å². The van der Waals surface area contributed by atoms with E-state index in [9.17, 15) is 4.79 Å². The number of carboxylic acids is 1. The lowest BCUT2D eigenvalue weighted by molar-refractivity contribution is 0.0697. The molecule has 0 saturated heterocycles. The standard InChI is InChI=1S/C9H9ClO2/c1-6-4-7(9(11)12)2-3-8(6)5-10/h2-4H,5H2,1H3,(H,11,12). The van der Waals surface area contributed by atoms with E-state index in [1.165, 1.54) is 0 Å². The first kappa shape index (κ1) is 9.07. The summed E-state index contributed by atoms with van der Waals surface area (Å²) < 4.78 is 0. The number of hydrogen-bond acceptors (Lipinski definition) is 1. The van der Waals surface area contributed by atoms with E-state index in [1.807, 2.05) is 6.92 Å². The molecule has 1 N–H and O–H groups in total. The molecule has 1 aromatic rings. The van der Waals surface area contributed by atoms with Crippen molar-refractivity contribution in [3.8, 4) is 0 Å². The Morgan fingerprint density at radius 3 is 2.67 bits per heavy atom.